The minimum Gasteiger partial charge on any atom is -0.392 e. The molecule has 0 saturated heterocycles. The molecule has 0 spiro atoms. The lowest BCUT2D eigenvalue weighted by Crippen LogP contribution is -2.13. The van der Waals surface area contributed by atoms with Crippen LogP contribution in [0.1, 0.15) is 11.1 Å². The fourth-order valence-corrected chi connectivity index (χ4v) is 3.11. The highest BCUT2D eigenvalue weighted by molar-refractivity contribution is 9.10. The molecule has 0 bridgehead atoms. The zero-order chi connectivity index (χ0) is 14.8. The summed E-state index contributed by atoms with van der Waals surface area (Å²) in [5.41, 5.74) is 1.92. The van der Waals surface area contributed by atoms with Crippen molar-refractivity contribution in [1.29, 1.82) is 0 Å². The van der Waals surface area contributed by atoms with Crippen molar-refractivity contribution >= 4 is 31.6 Å². The van der Waals surface area contributed by atoms with Crippen molar-refractivity contribution in [2.75, 3.05) is 4.72 Å². The van der Waals surface area contributed by atoms with Crippen LogP contribution in [0, 0.1) is 6.92 Å². The van der Waals surface area contributed by atoms with Crippen molar-refractivity contribution in [2.45, 2.75) is 18.4 Å². The topological polar surface area (TPSA) is 66.4 Å². The standard InChI is InChI=1S/C14H14BrNO3S/c1-10-7-13(5-6-14(10)15)20(18,19)16-12-4-2-3-11(8-12)9-17/h2-8,16-17H,9H2,1H3. The number of hydrogen-bond acceptors (Lipinski definition) is 3. The van der Waals surface area contributed by atoms with E-state index < -0.39 is 10.0 Å². The number of rotatable bonds is 4. The molecule has 0 radical (unpaired) electrons. The Labute approximate surface area is 126 Å². The minimum absolute atomic E-state index is 0.132. The summed E-state index contributed by atoms with van der Waals surface area (Å²) in [6.07, 6.45) is 0. The average Bonchev–Trinajstić information content (AvgIpc) is 2.41. The lowest BCUT2D eigenvalue weighted by Gasteiger charge is -2.10. The van der Waals surface area contributed by atoms with Gasteiger partial charge in [-0.3, -0.25) is 4.72 Å². The third-order valence-corrected chi connectivity index (χ3v) is 5.07. The highest BCUT2D eigenvalue weighted by Gasteiger charge is 2.15. The van der Waals surface area contributed by atoms with Gasteiger partial charge >= 0.3 is 0 Å². The molecular formula is C14H14BrNO3S. The van der Waals surface area contributed by atoms with Gasteiger partial charge in [-0.2, -0.15) is 0 Å². The van der Waals surface area contributed by atoms with E-state index in [0.717, 1.165) is 10.0 Å². The molecule has 0 aliphatic heterocycles. The first-order valence-electron chi connectivity index (χ1n) is 5.91. The maximum Gasteiger partial charge on any atom is 0.261 e. The monoisotopic (exact) mass is 355 g/mol. The van der Waals surface area contributed by atoms with Gasteiger partial charge in [0.05, 0.1) is 11.5 Å². The van der Waals surface area contributed by atoms with Crippen molar-refractivity contribution in [3.8, 4) is 0 Å². The fourth-order valence-electron chi connectivity index (χ4n) is 1.73. The number of aliphatic hydroxyl groups excluding tert-OH is 1. The molecule has 2 rings (SSSR count). The molecule has 2 aromatic carbocycles. The molecule has 0 heterocycles. The van der Waals surface area contributed by atoms with Gasteiger partial charge in [-0.15, -0.1) is 0 Å². The van der Waals surface area contributed by atoms with Crippen LogP contribution >= 0.6 is 15.9 Å². The van der Waals surface area contributed by atoms with E-state index in [0.29, 0.717) is 11.3 Å². The molecule has 0 aliphatic carbocycles. The second-order valence-electron chi connectivity index (χ2n) is 4.37. The first kappa shape index (κ1) is 15.0. The van der Waals surface area contributed by atoms with Crippen LogP contribution in [-0.2, 0) is 16.6 Å². The normalized spacial score (nSPS) is 11.3. The summed E-state index contributed by atoms with van der Waals surface area (Å²) in [6.45, 7) is 1.70. The number of halogens is 1. The molecule has 6 heteroatoms. The number of aryl methyl sites for hydroxylation is 1. The molecule has 0 atom stereocenters. The smallest absolute Gasteiger partial charge is 0.261 e. The first-order chi connectivity index (χ1) is 9.42. The van der Waals surface area contributed by atoms with E-state index in [1.54, 1.807) is 36.4 Å². The zero-order valence-corrected chi connectivity index (χ0v) is 13.2. The Morgan fingerprint density at radius 2 is 1.95 bits per heavy atom. The molecule has 20 heavy (non-hydrogen) atoms. The second-order valence-corrected chi connectivity index (χ2v) is 6.91. The number of nitrogens with one attached hydrogen (secondary N) is 1. The molecule has 0 amide bonds. The van der Waals surface area contributed by atoms with Gasteiger partial charge in [-0.25, -0.2) is 8.42 Å². The predicted molar refractivity (Wildman–Crippen MR) is 82.1 cm³/mol. The SMILES string of the molecule is Cc1cc(S(=O)(=O)Nc2cccc(CO)c2)ccc1Br. The Morgan fingerprint density at radius 3 is 2.60 bits per heavy atom. The van der Waals surface area contributed by atoms with Crippen LogP contribution in [0.2, 0.25) is 0 Å². The molecule has 0 aromatic heterocycles. The maximum absolute atomic E-state index is 12.3. The molecule has 0 saturated carbocycles. The molecule has 0 fully saturated rings. The van der Waals surface area contributed by atoms with E-state index in [2.05, 4.69) is 20.7 Å². The Hall–Kier alpha value is -1.37. The average molecular weight is 356 g/mol. The number of sulfonamides is 1. The van der Waals surface area contributed by atoms with Crippen molar-refractivity contribution in [1.82, 2.24) is 0 Å². The minimum atomic E-state index is -3.63. The summed E-state index contributed by atoms with van der Waals surface area (Å²) in [4.78, 5) is 0.201. The maximum atomic E-state index is 12.3. The van der Waals surface area contributed by atoms with E-state index in [4.69, 9.17) is 5.11 Å². The van der Waals surface area contributed by atoms with Gasteiger partial charge in [0.1, 0.15) is 0 Å². The largest absolute Gasteiger partial charge is 0.392 e. The van der Waals surface area contributed by atoms with Gasteiger partial charge in [-0.1, -0.05) is 28.1 Å². The third-order valence-electron chi connectivity index (χ3n) is 2.80. The molecule has 0 unspecified atom stereocenters. The summed E-state index contributed by atoms with van der Waals surface area (Å²) in [7, 11) is -3.63. The van der Waals surface area contributed by atoms with Gasteiger partial charge < -0.3 is 5.11 Å². The van der Waals surface area contributed by atoms with Crippen molar-refractivity contribution in [3.05, 3.63) is 58.1 Å². The lowest BCUT2D eigenvalue weighted by molar-refractivity contribution is 0.282. The Bertz CT molecular complexity index is 729. The number of aliphatic hydroxyl groups is 1. The predicted octanol–water partition coefficient (Wildman–Crippen LogP) is 3.05. The molecule has 4 nitrogen and oxygen atoms in total. The van der Waals surface area contributed by atoms with E-state index in [-0.39, 0.29) is 11.5 Å². The van der Waals surface area contributed by atoms with Gasteiger partial charge in [0, 0.05) is 10.2 Å². The first-order valence-corrected chi connectivity index (χ1v) is 8.19. The summed E-state index contributed by atoms with van der Waals surface area (Å²) >= 11 is 3.34. The summed E-state index contributed by atoms with van der Waals surface area (Å²) in [6, 6.07) is 11.5. The third kappa shape index (κ3) is 3.39. The van der Waals surface area contributed by atoms with Crippen LogP contribution in [0.3, 0.4) is 0 Å². The Kier molecular flexibility index (Phi) is 4.47. The highest BCUT2D eigenvalue weighted by Crippen LogP contribution is 2.22. The lowest BCUT2D eigenvalue weighted by atomic mass is 10.2. The van der Waals surface area contributed by atoms with Crippen molar-refractivity contribution in [3.63, 3.8) is 0 Å². The summed E-state index contributed by atoms with van der Waals surface area (Å²) < 4.78 is 27.9. The van der Waals surface area contributed by atoms with E-state index in [1.807, 2.05) is 6.92 Å². The number of benzene rings is 2. The Morgan fingerprint density at radius 1 is 1.20 bits per heavy atom. The van der Waals surface area contributed by atoms with Crippen molar-refractivity contribution < 1.29 is 13.5 Å². The second kappa shape index (κ2) is 5.95. The van der Waals surface area contributed by atoms with Crippen LogP contribution < -0.4 is 4.72 Å². The summed E-state index contributed by atoms with van der Waals surface area (Å²) in [5.74, 6) is 0. The Balaban J connectivity index is 2.32. The highest BCUT2D eigenvalue weighted by atomic mass is 79.9. The van der Waals surface area contributed by atoms with Gasteiger partial charge in [0.25, 0.3) is 10.0 Å². The van der Waals surface area contributed by atoms with E-state index in [1.165, 1.54) is 6.07 Å². The fraction of sp³-hybridized carbons (Fsp3) is 0.143. The van der Waals surface area contributed by atoms with Gasteiger partial charge in [-0.05, 0) is 48.4 Å². The van der Waals surface area contributed by atoms with E-state index >= 15 is 0 Å². The number of hydrogen-bond donors (Lipinski definition) is 2. The zero-order valence-electron chi connectivity index (χ0n) is 10.8. The molecular weight excluding hydrogens is 342 g/mol. The van der Waals surface area contributed by atoms with Gasteiger partial charge in [0.2, 0.25) is 0 Å². The molecule has 0 aliphatic rings. The van der Waals surface area contributed by atoms with Crippen LogP contribution in [0.25, 0.3) is 0 Å². The van der Waals surface area contributed by atoms with E-state index in [9.17, 15) is 8.42 Å². The van der Waals surface area contributed by atoms with Crippen molar-refractivity contribution in [2.24, 2.45) is 0 Å². The van der Waals surface area contributed by atoms with Crippen LogP contribution in [-0.4, -0.2) is 13.5 Å². The molecule has 2 N–H and O–H groups in total. The quantitative estimate of drug-likeness (QED) is 0.885. The van der Waals surface area contributed by atoms with Gasteiger partial charge in [0.15, 0.2) is 0 Å². The molecule has 106 valence electrons. The number of anilines is 1. The molecule has 2 aromatic rings. The van der Waals surface area contributed by atoms with Crippen LogP contribution in [0.4, 0.5) is 5.69 Å². The summed E-state index contributed by atoms with van der Waals surface area (Å²) in [5, 5.41) is 9.06. The van der Waals surface area contributed by atoms with Crippen LogP contribution in [0.5, 0.6) is 0 Å². The van der Waals surface area contributed by atoms with Crippen LogP contribution in [0.15, 0.2) is 51.8 Å².